The molecule has 150 valence electrons. The molecule has 6 heteroatoms. The highest BCUT2D eigenvalue weighted by molar-refractivity contribution is 7.63. The van der Waals surface area contributed by atoms with Crippen molar-refractivity contribution < 1.29 is 14.1 Å². The zero-order chi connectivity index (χ0) is 21.3. The van der Waals surface area contributed by atoms with Gasteiger partial charge in [-0.15, -0.1) is 0 Å². The highest BCUT2D eigenvalue weighted by Gasteiger charge is 2.54. The first kappa shape index (κ1) is 20.0. The summed E-state index contributed by atoms with van der Waals surface area (Å²) < 4.78 is 15.5. The van der Waals surface area contributed by atoms with E-state index in [1.807, 2.05) is 66.3 Å². The first-order chi connectivity index (χ1) is 14.4. The van der Waals surface area contributed by atoms with Crippen molar-refractivity contribution >= 4 is 12.6 Å². The number of nitriles is 1. The number of aliphatic hydroxyl groups is 1. The number of nitrogens with zero attached hydrogens (tertiary/aromatic N) is 2. The topological polar surface area (TPSA) is 59.9 Å². The Kier molecular flexibility index (Phi) is 5.25. The first-order valence-electron chi connectivity index (χ1n) is 9.54. The van der Waals surface area contributed by atoms with Crippen LogP contribution < -0.4 is 9.88 Å². The lowest BCUT2D eigenvalue weighted by Crippen LogP contribution is -2.62. The van der Waals surface area contributed by atoms with E-state index in [0.29, 0.717) is 16.7 Å². The second kappa shape index (κ2) is 7.86. The van der Waals surface area contributed by atoms with Gasteiger partial charge in [0.05, 0.1) is 12.0 Å². The van der Waals surface area contributed by atoms with Gasteiger partial charge in [0.2, 0.25) is 11.8 Å². The standard InChI is InChI=1S/C24H20FN3OS/c1-16-5-9-18(10-6-16)24(29)22(28-13-3-2-4-14-28)21(20(15-26)23(30)27-24)17-7-11-19(25)12-8-17/h2-14,21-22,27,29H,1H3/t21-,22+,24+/m0/s1. The molecule has 1 aromatic heterocycles. The van der Waals surface area contributed by atoms with Crippen LogP contribution in [0, 0.1) is 24.1 Å². The van der Waals surface area contributed by atoms with E-state index >= 15 is 0 Å². The Balaban J connectivity index is 1.99. The molecule has 2 aromatic carbocycles. The van der Waals surface area contributed by atoms with Crippen molar-refractivity contribution in [3.8, 4) is 6.07 Å². The number of halogens is 1. The van der Waals surface area contributed by atoms with E-state index in [1.165, 1.54) is 12.1 Å². The predicted octanol–water partition coefficient (Wildman–Crippen LogP) is 3.48. The molecule has 1 aliphatic heterocycles. The summed E-state index contributed by atoms with van der Waals surface area (Å²) in [5.41, 5.74) is 1.12. The summed E-state index contributed by atoms with van der Waals surface area (Å²) >= 11 is 5.49. The molecule has 2 N–H and O–H groups in total. The van der Waals surface area contributed by atoms with Crippen LogP contribution in [0.3, 0.4) is 0 Å². The van der Waals surface area contributed by atoms with Gasteiger partial charge < -0.3 is 23.1 Å². The molecule has 0 aliphatic carbocycles. The van der Waals surface area contributed by atoms with Crippen LogP contribution in [0.2, 0.25) is 0 Å². The molecule has 30 heavy (non-hydrogen) atoms. The molecule has 0 saturated carbocycles. The minimum absolute atomic E-state index is 0.183. The third kappa shape index (κ3) is 3.43. The van der Waals surface area contributed by atoms with Crippen molar-refractivity contribution in [3.05, 3.63) is 112 Å². The lowest BCUT2D eigenvalue weighted by molar-refractivity contribution is -0.743. The summed E-state index contributed by atoms with van der Waals surface area (Å²) in [4.78, 5) is 0. The van der Waals surface area contributed by atoms with Crippen LogP contribution in [0.1, 0.15) is 28.7 Å². The quantitative estimate of drug-likeness (QED) is 0.506. The van der Waals surface area contributed by atoms with Crippen molar-refractivity contribution in [2.75, 3.05) is 0 Å². The molecule has 0 fully saturated rings. The second-order valence-corrected chi connectivity index (χ2v) is 7.82. The second-order valence-electron chi connectivity index (χ2n) is 7.41. The Morgan fingerprint density at radius 2 is 1.70 bits per heavy atom. The van der Waals surface area contributed by atoms with Crippen LogP contribution in [-0.4, -0.2) is 5.11 Å². The van der Waals surface area contributed by atoms with Crippen LogP contribution in [0.15, 0.2) is 89.7 Å². The summed E-state index contributed by atoms with van der Waals surface area (Å²) in [6, 6.07) is 20.7. The van der Waals surface area contributed by atoms with Crippen molar-refractivity contribution in [2.45, 2.75) is 24.6 Å². The van der Waals surface area contributed by atoms with Crippen LogP contribution in [-0.2, 0) is 18.4 Å². The molecule has 2 heterocycles. The monoisotopic (exact) mass is 417 g/mol. The number of hydrogen-bond donors (Lipinski definition) is 2. The average Bonchev–Trinajstić information content (AvgIpc) is 2.75. The van der Waals surface area contributed by atoms with E-state index in [9.17, 15) is 14.8 Å². The van der Waals surface area contributed by atoms with Gasteiger partial charge in [0.25, 0.3) is 0 Å². The fourth-order valence-corrected chi connectivity index (χ4v) is 4.36. The lowest BCUT2D eigenvalue weighted by Gasteiger charge is -2.45. The van der Waals surface area contributed by atoms with E-state index < -0.39 is 17.7 Å². The number of nitrogens with one attached hydrogen (secondary N) is 1. The Hall–Kier alpha value is -3.27. The van der Waals surface area contributed by atoms with Gasteiger partial charge in [0, 0.05) is 23.3 Å². The number of aryl methyl sites for hydroxylation is 1. The molecule has 0 spiro atoms. The van der Waals surface area contributed by atoms with Gasteiger partial charge in [-0.05, 0) is 24.6 Å². The summed E-state index contributed by atoms with van der Waals surface area (Å²) in [6.07, 6.45) is 3.68. The maximum atomic E-state index is 13.6. The van der Waals surface area contributed by atoms with Gasteiger partial charge >= 0.3 is 0 Å². The molecule has 3 atom stereocenters. The van der Waals surface area contributed by atoms with Crippen LogP contribution >= 0.6 is 0 Å². The molecule has 1 aliphatic rings. The third-order valence-corrected chi connectivity index (χ3v) is 5.83. The molecular weight excluding hydrogens is 397 g/mol. The summed E-state index contributed by atoms with van der Waals surface area (Å²) in [5.74, 6) is -0.950. The van der Waals surface area contributed by atoms with Crippen molar-refractivity contribution in [3.63, 3.8) is 0 Å². The molecule has 0 unspecified atom stereocenters. The van der Waals surface area contributed by atoms with Crippen molar-refractivity contribution in [1.82, 2.24) is 5.32 Å². The van der Waals surface area contributed by atoms with E-state index in [1.54, 1.807) is 12.1 Å². The van der Waals surface area contributed by atoms with Gasteiger partial charge in [-0.2, -0.15) is 9.83 Å². The maximum absolute atomic E-state index is 13.6. The number of rotatable bonds is 3. The lowest BCUT2D eigenvalue weighted by atomic mass is 9.75. The van der Waals surface area contributed by atoms with Crippen LogP contribution in [0.4, 0.5) is 4.39 Å². The SMILES string of the molecule is Cc1ccc([C@]2(O)NC([S-])=C(C#N)[C@H](c3ccc(F)cc3)[C@H]2[n+]2ccccc2)cc1. The Morgan fingerprint density at radius 1 is 1.07 bits per heavy atom. The molecule has 4 nitrogen and oxygen atoms in total. The van der Waals surface area contributed by atoms with Crippen LogP contribution in [0.25, 0.3) is 0 Å². The third-order valence-electron chi connectivity index (χ3n) is 5.50. The van der Waals surface area contributed by atoms with E-state index in [4.69, 9.17) is 12.6 Å². The van der Waals surface area contributed by atoms with Crippen molar-refractivity contribution in [1.29, 1.82) is 5.26 Å². The molecule has 0 amide bonds. The molecule has 0 radical (unpaired) electrons. The van der Waals surface area contributed by atoms with Crippen LogP contribution in [0.5, 0.6) is 0 Å². The van der Waals surface area contributed by atoms with Gasteiger partial charge in [0.1, 0.15) is 5.82 Å². The summed E-state index contributed by atoms with van der Waals surface area (Å²) in [5, 5.41) is 25.1. The van der Waals surface area contributed by atoms with Gasteiger partial charge in [-0.3, -0.25) is 0 Å². The Labute approximate surface area is 180 Å². The average molecular weight is 418 g/mol. The smallest absolute Gasteiger partial charge is 0.225 e. The normalized spacial score (nSPS) is 23.5. The molecule has 3 aromatic rings. The van der Waals surface area contributed by atoms with E-state index in [2.05, 4.69) is 11.4 Å². The molecular formula is C24H20FN3OS. The van der Waals surface area contributed by atoms with Gasteiger partial charge in [-0.25, -0.2) is 4.39 Å². The summed E-state index contributed by atoms with van der Waals surface area (Å²) in [7, 11) is 0. The van der Waals surface area contributed by atoms with Gasteiger partial charge in [0.15, 0.2) is 12.4 Å². The minimum atomic E-state index is -1.59. The maximum Gasteiger partial charge on any atom is 0.225 e. The number of pyridine rings is 1. The Morgan fingerprint density at radius 3 is 2.30 bits per heavy atom. The largest absolute Gasteiger partial charge is 0.762 e. The number of allylic oxidation sites excluding steroid dienone is 1. The molecule has 0 saturated heterocycles. The van der Waals surface area contributed by atoms with E-state index in [-0.39, 0.29) is 10.8 Å². The van der Waals surface area contributed by atoms with E-state index in [0.717, 1.165) is 5.56 Å². The summed E-state index contributed by atoms with van der Waals surface area (Å²) in [6.45, 7) is 1.97. The van der Waals surface area contributed by atoms with Crippen molar-refractivity contribution in [2.24, 2.45) is 0 Å². The minimum Gasteiger partial charge on any atom is -0.762 e. The fraction of sp³-hybridized carbons (Fsp3) is 0.167. The number of hydrogen-bond acceptors (Lipinski definition) is 4. The Bertz CT molecular complexity index is 1120. The first-order valence-corrected chi connectivity index (χ1v) is 9.95. The van der Waals surface area contributed by atoms with Gasteiger partial charge in [-0.1, -0.05) is 53.1 Å². The highest BCUT2D eigenvalue weighted by Crippen LogP contribution is 2.46. The zero-order valence-corrected chi connectivity index (χ0v) is 17.1. The molecule has 0 bridgehead atoms. The predicted molar refractivity (Wildman–Crippen MR) is 113 cm³/mol. The fourth-order valence-electron chi connectivity index (χ4n) is 4.03. The molecule has 4 rings (SSSR count). The highest BCUT2D eigenvalue weighted by atomic mass is 32.1. The zero-order valence-electron chi connectivity index (χ0n) is 16.3. The number of benzene rings is 2. The number of aromatic nitrogens is 1.